The molecule has 0 amide bonds. The van der Waals surface area contributed by atoms with E-state index in [-0.39, 0.29) is 128 Å². The number of unbranched alkanes of at least 4 members (excludes halogenated alkanes) is 28. The quantitative estimate of drug-likeness (QED) is 0.0293. The summed E-state index contributed by atoms with van der Waals surface area (Å²) < 4.78 is 9.73. The second-order valence-electron chi connectivity index (χ2n) is 14.2. The Morgan fingerprint density at radius 3 is 0.920 bits per heavy atom. The van der Waals surface area contributed by atoms with Gasteiger partial charge in [0, 0.05) is 19.3 Å². The first kappa shape index (κ1) is 55.8. The first-order valence-electron chi connectivity index (χ1n) is 20.6. The molecule has 1 atom stereocenters. The van der Waals surface area contributed by atoms with Crippen molar-refractivity contribution in [3.8, 4) is 0 Å². The van der Waals surface area contributed by atoms with Crippen LogP contribution in [0.15, 0.2) is 0 Å². The van der Waals surface area contributed by atoms with Crippen LogP contribution in [0, 0.1) is 0 Å². The second kappa shape index (κ2) is 44.9. The first-order valence-corrected chi connectivity index (χ1v) is 20.6. The van der Waals surface area contributed by atoms with Crippen LogP contribution in [0.3, 0.4) is 0 Å². The third-order valence-electron chi connectivity index (χ3n) is 9.37. The minimum absolute atomic E-state index is 0. The van der Waals surface area contributed by atoms with Gasteiger partial charge in [-0.2, -0.15) is 0 Å². The molecule has 0 unspecified atom stereocenters. The summed E-state index contributed by atoms with van der Waals surface area (Å²) in [6.07, 6.45) is 37.6. The Kier molecular flexibility index (Phi) is 50.2. The van der Waals surface area contributed by atoms with Gasteiger partial charge in [0.05, 0.1) is 0 Å². The Balaban J connectivity index is -0.0000110. The standard InChI is InChI=1S/C41H77NO6.2K.2H/c1-3-5-7-9-11-13-15-17-19-21-23-25-27-29-31-33-38(43)47-40(45)36-35-37(42)41(46)48-39(44)34-32-30-28-26-24-22-20-18-16-14-12-10-8-6-4-2;;;;/h37H,3-36,42H2,1-2H3;;;;/t37-;;;;/m0..../s1. The molecular weight excluding hydrogens is 681 g/mol. The third kappa shape index (κ3) is 42.3. The fraction of sp³-hybridized carbons (Fsp3) is 0.902. The van der Waals surface area contributed by atoms with Crippen molar-refractivity contribution >= 4 is 127 Å². The van der Waals surface area contributed by atoms with E-state index in [0.29, 0.717) is 12.8 Å². The van der Waals surface area contributed by atoms with E-state index in [0.717, 1.165) is 25.7 Å². The molecule has 9 heteroatoms. The normalized spacial score (nSPS) is 11.3. The number of esters is 4. The molecule has 0 heterocycles. The summed E-state index contributed by atoms with van der Waals surface area (Å²) in [5, 5.41) is 0. The zero-order valence-electron chi connectivity index (χ0n) is 31.6. The Morgan fingerprint density at radius 1 is 0.380 bits per heavy atom. The SMILES string of the molecule is CCCCCCCCCCCCCCCCCC(=O)OC(=O)CC[C@H](N)C(=O)OC(=O)CCCCCCCCCCCCCCCCC.[KH].[KH]. The van der Waals surface area contributed by atoms with Crippen molar-refractivity contribution in [2.75, 3.05) is 0 Å². The van der Waals surface area contributed by atoms with Crippen molar-refractivity contribution in [1.29, 1.82) is 0 Å². The average molecular weight is 760 g/mol. The number of carbonyl (C=O) groups is 4. The van der Waals surface area contributed by atoms with Crippen LogP contribution in [0.2, 0.25) is 0 Å². The number of ether oxygens (including phenoxy) is 2. The Morgan fingerprint density at radius 2 is 0.620 bits per heavy atom. The molecule has 0 bridgehead atoms. The summed E-state index contributed by atoms with van der Waals surface area (Å²) in [6, 6.07) is -1.10. The van der Waals surface area contributed by atoms with E-state index in [1.807, 2.05) is 0 Å². The Bertz CT molecular complexity index is 782. The molecule has 0 aliphatic carbocycles. The predicted molar refractivity (Wildman–Crippen MR) is 213 cm³/mol. The van der Waals surface area contributed by atoms with E-state index >= 15 is 0 Å². The molecule has 0 aromatic heterocycles. The van der Waals surface area contributed by atoms with Gasteiger partial charge in [-0.1, -0.05) is 194 Å². The molecule has 0 aromatic rings. The summed E-state index contributed by atoms with van der Waals surface area (Å²) in [7, 11) is 0. The van der Waals surface area contributed by atoms with Crippen LogP contribution in [0.25, 0.3) is 0 Å². The number of hydrogen-bond acceptors (Lipinski definition) is 7. The maximum atomic E-state index is 12.1. The molecule has 0 spiro atoms. The zero-order valence-corrected chi connectivity index (χ0v) is 31.6. The van der Waals surface area contributed by atoms with Gasteiger partial charge in [-0.05, 0) is 19.3 Å². The molecule has 286 valence electrons. The van der Waals surface area contributed by atoms with Crippen LogP contribution in [0.1, 0.15) is 232 Å². The summed E-state index contributed by atoms with van der Waals surface area (Å²) in [6.45, 7) is 4.51. The Hall–Kier alpha value is 1.51. The maximum absolute atomic E-state index is 12.1. The van der Waals surface area contributed by atoms with Crippen LogP contribution in [0.5, 0.6) is 0 Å². The van der Waals surface area contributed by atoms with Gasteiger partial charge >= 0.3 is 127 Å². The number of nitrogens with two attached hydrogens (primary N) is 1. The molecule has 0 radical (unpaired) electrons. The molecule has 0 aliphatic heterocycles. The molecular formula is C41H79K2NO6. The zero-order chi connectivity index (χ0) is 35.3. The van der Waals surface area contributed by atoms with Crippen LogP contribution >= 0.6 is 0 Å². The third-order valence-corrected chi connectivity index (χ3v) is 9.37. The van der Waals surface area contributed by atoms with Crippen molar-refractivity contribution in [1.82, 2.24) is 0 Å². The van der Waals surface area contributed by atoms with E-state index in [2.05, 4.69) is 13.8 Å². The minimum atomic E-state index is -1.10. The van der Waals surface area contributed by atoms with Crippen molar-refractivity contribution in [3.63, 3.8) is 0 Å². The summed E-state index contributed by atoms with van der Waals surface area (Å²) in [4.78, 5) is 48.1. The topological polar surface area (TPSA) is 113 Å². The molecule has 0 saturated heterocycles. The average Bonchev–Trinajstić information content (AvgIpc) is 3.07. The molecule has 50 heavy (non-hydrogen) atoms. The van der Waals surface area contributed by atoms with Crippen LogP contribution < -0.4 is 5.73 Å². The van der Waals surface area contributed by atoms with Gasteiger partial charge in [0.1, 0.15) is 6.04 Å². The summed E-state index contributed by atoms with van der Waals surface area (Å²) >= 11 is 0. The summed E-state index contributed by atoms with van der Waals surface area (Å²) in [5.74, 6) is -2.65. The van der Waals surface area contributed by atoms with Gasteiger partial charge in [-0.3, -0.25) is 14.4 Å². The number of rotatable bonds is 36. The van der Waals surface area contributed by atoms with E-state index < -0.39 is 29.9 Å². The van der Waals surface area contributed by atoms with Crippen LogP contribution in [-0.2, 0) is 28.7 Å². The van der Waals surface area contributed by atoms with Crippen molar-refractivity contribution in [3.05, 3.63) is 0 Å². The van der Waals surface area contributed by atoms with Gasteiger partial charge in [0.15, 0.2) is 0 Å². The van der Waals surface area contributed by atoms with Crippen LogP contribution in [-0.4, -0.2) is 133 Å². The van der Waals surface area contributed by atoms with Gasteiger partial charge in [-0.15, -0.1) is 0 Å². The predicted octanol–water partition coefficient (Wildman–Crippen LogP) is 10.5. The Labute approximate surface area is 393 Å². The fourth-order valence-corrected chi connectivity index (χ4v) is 6.14. The van der Waals surface area contributed by atoms with Gasteiger partial charge in [0.2, 0.25) is 0 Å². The number of hydrogen-bond donors (Lipinski definition) is 1. The molecule has 2 N–H and O–H groups in total. The summed E-state index contributed by atoms with van der Waals surface area (Å²) in [5.41, 5.74) is 5.81. The molecule has 0 rings (SSSR count). The van der Waals surface area contributed by atoms with Gasteiger partial charge < -0.3 is 15.2 Å². The van der Waals surface area contributed by atoms with Crippen LogP contribution in [0.4, 0.5) is 0 Å². The van der Waals surface area contributed by atoms with Crippen molar-refractivity contribution in [2.45, 2.75) is 238 Å². The monoisotopic (exact) mass is 760 g/mol. The first-order chi connectivity index (χ1) is 23.4. The van der Waals surface area contributed by atoms with Crippen molar-refractivity contribution in [2.24, 2.45) is 5.73 Å². The van der Waals surface area contributed by atoms with Gasteiger partial charge in [0.25, 0.3) is 0 Å². The molecule has 0 fully saturated rings. The molecule has 0 saturated carbocycles. The number of carbonyl (C=O) groups excluding carboxylic acids is 4. The molecule has 0 aliphatic rings. The second-order valence-corrected chi connectivity index (χ2v) is 14.2. The fourth-order valence-electron chi connectivity index (χ4n) is 6.14. The molecule has 7 nitrogen and oxygen atoms in total. The van der Waals surface area contributed by atoms with Crippen molar-refractivity contribution < 1.29 is 28.7 Å². The van der Waals surface area contributed by atoms with E-state index in [1.54, 1.807) is 0 Å². The van der Waals surface area contributed by atoms with E-state index in [1.165, 1.54) is 154 Å². The van der Waals surface area contributed by atoms with Gasteiger partial charge in [-0.25, -0.2) is 4.79 Å². The molecule has 0 aromatic carbocycles. The van der Waals surface area contributed by atoms with E-state index in [4.69, 9.17) is 15.2 Å². The van der Waals surface area contributed by atoms with E-state index in [9.17, 15) is 19.2 Å².